The van der Waals surface area contributed by atoms with Crippen molar-refractivity contribution in [1.29, 1.82) is 0 Å². The van der Waals surface area contributed by atoms with Gasteiger partial charge in [0.05, 0.1) is 0 Å². The van der Waals surface area contributed by atoms with Crippen LogP contribution in [0.5, 0.6) is 0 Å². The normalized spacial score (nSPS) is 2.88. The highest BCUT2D eigenvalue weighted by molar-refractivity contribution is 7.30. The second-order valence-corrected chi connectivity index (χ2v) is 0.758. The van der Waals surface area contributed by atoms with Crippen molar-refractivity contribution in [2.75, 3.05) is 0 Å². The maximum absolute atomic E-state index is 8.70. The highest BCUT2D eigenvalue weighted by Crippen LogP contribution is 1.98. The fraction of sp³-hybridized carbons (Fsp3) is 0. The standard InChI is InChI=1S/5C2H4.2H3N.HO3P/c5*1-2;;;1-4(2)3/h5*1-2H2;2*1H3;(H-,1,2,3)/p+1. The third-order valence-corrected chi connectivity index (χ3v) is 0. The van der Waals surface area contributed by atoms with Gasteiger partial charge in [0.25, 0.3) is 0 Å². The number of hydrogen-bond donors (Lipinski definition) is 4. The van der Waals surface area contributed by atoms with E-state index in [2.05, 4.69) is 65.8 Å². The van der Waals surface area contributed by atoms with E-state index in [1.807, 2.05) is 0 Å². The smallest absolute Gasteiger partial charge is 0.344 e. The Balaban J connectivity index is -0.00000000810. The van der Waals surface area contributed by atoms with Crippen LogP contribution in [0.4, 0.5) is 0 Å². The summed E-state index contributed by atoms with van der Waals surface area (Å²) in [4.78, 5) is 14.2. The zero-order valence-corrected chi connectivity index (χ0v) is 11.1. The molecule has 0 aromatic carbocycles. The summed E-state index contributed by atoms with van der Waals surface area (Å²) in [6, 6.07) is 0. The summed E-state index contributed by atoms with van der Waals surface area (Å²) in [6.45, 7) is 30.0. The molecule has 6 heteroatoms. The quantitative estimate of drug-likeness (QED) is 0.384. The van der Waals surface area contributed by atoms with Gasteiger partial charge in [-0.1, -0.05) is 0 Å². The van der Waals surface area contributed by atoms with Crippen molar-refractivity contribution in [3.05, 3.63) is 65.8 Å². The van der Waals surface area contributed by atoms with Gasteiger partial charge in [0, 0.05) is 4.57 Å². The van der Waals surface area contributed by atoms with E-state index in [0.29, 0.717) is 0 Å². The Labute approximate surface area is 101 Å². The molecular weight excluding hydrogens is 227 g/mol. The predicted octanol–water partition coefficient (Wildman–Crippen LogP) is 3.96. The fourth-order valence-corrected chi connectivity index (χ4v) is 0. The van der Waals surface area contributed by atoms with Gasteiger partial charge in [-0.3, -0.25) is 0 Å². The van der Waals surface area contributed by atoms with E-state index in [1.54, 1.807) is 0 Å². The maximum atomic E-state index is 8.70. The Kier molecular flexibility index (Phi) is 3130. The monoisotopic (exact) mass is 255 g/mol. The molecule has 16 heavy (non-hydrogen) atoms. The fourth-order valence-electron chi connectivity index (χ4n) is 0. The van der Waals surface area contributed by atoms with Gasteiger partial charge < -0.3 is 12.3 Å². The molecule has 0 radical (unpaired) electrons. The molecule has 5 nitrogen and oxygen atoms in total. The SMILES string of the molecule is C=C.C=C.C=C.C=C.C=C.N.N.O=[P+](O)O. The van der Waals surface area contributed by atoms with Crippen molar-refractivity contribution >= 4 is 8.25 Å². The summed E-state index contributed by atoms with van der Waals surface area (Å²) in [6.07, 6.45) is 0. The Morgan fingerprint density at radius 1 is 0.562 bits per heavy atom. The van der Waals surface area contributed by atoms with Gasteiger partial charge in [-0.25, -0.2) is 0 Å². The average molecular weight is 255 g/mol. The molecule has 0 aliphatic heterocycles. The second kappa shape index (κ2) is 810. The third kappa shape index (κ3) is 926. The van der Waals surface area contributed by atoms with Crippen LogP contribution in [0.3, 0.4) is 0 Å². The molecule has 0 saturated carbocycles. The van der Waals surface area contributed by atoms with Crippen LogP contribution in [0, 0.1) is 0 Å². The first-order chi connectivity index (χ1) is 6.73. The van der Waals surface area contributed by atoms with Crippen LogP contribution in [0.1, 0.15) is 0 Å². The minimum atomic E-state index is -2.87. The van der Waals surface area contributed by atoms with Crippen LogP contribution in [0.2, 0.25) is 0 Å². The molecule has 0 rings (SSSR count). The Bertz CT molecular complexity index is 80.5. The molecule has 0 heterocycles. The molecular formula is C10H28N2O3P+. The Morgan fingerprint density at radius 3 is 0.562 bits per heavy atom. The summed E-state index contributed by atoms with van der Waals surface area (Å²) in [7, 11) is -2.87. The van der Waals surface area contributed by atoms with Crippen molar-refractivity contribution in [3.63, 3.8) is 0 Å². The maximum Gasteiger partial charge on any atom is 0.692 e. The first-order valence-corrected chi connectivity index (χ1v) is 4.25. The topological polar surface area (TPSA) is 128 Å². The molecule has 0 aromatic heterocycles. The highest BCUT2D eigenvalue weighted by atomic mass is 31.1. The van der Waals surface area contributed by atoms with E-state index >= 15 is 0 Å². The van der Waals surface area contributed by atoms with Crippen LogP contribution in [-0.2, 0) is 4.57 Å². The van der Waals surface area contributed by atoms with E-state index in [4.69, 9.17) is 14.4 Å². The van der Waals surface area contributed by atoms with Crippen molar-refractivity contribution in [3.8, 4) is 0 Å². The lowest BCUT2D eigenvalue weighted by Gasteiger charge is -1.34. The van der Waals surface area contributed by atoms with E-state index in [9.17, 15) is 0 Å². The third-order valence-electron chi connectivity index (χ3n) is 0. The summed E-state index contributed by atoms with van der Waals surface area (Å²) in [5.74, 6) is 0. The van der Waals surface area contributed by atoms with Gasteiger partial charge in [-0.15, -0.1) is 75.6 Å². The molecule has 0 aliphatic rings. The van der Waals surface area contributed by atoms with Gasteiger partial charge in [0.1, 0.15) is 0 Å². The van der Waals surface area contributed by atoms with Crippen molar-refractivity contribution < 1.29 is 14.4 Å². The second-order valence-electron chi connectivity index (χ2n) is 0.253. The van der Waals surface area contributed by atoms with Gasteiger partial charge in [0.2, 0.25) is 0 Å². The van der Waals surface area contributed by atoms with Crippen LogP contribution in [0.25, 0.3) is 0 Å². The van der Waals surface area contributed by atoms with Crippen molar-refractivity contribution in [2.45, 2.75) is 0 Å². The summed E-state index contributed by atoms with van der Waals surface area (Å²) >= 11 is 0. The molecule has 0 bridgehead atoms. The van der Waals surface area contributed by atoms with Crippen molar-refractivity contribution in [1.82, 2.24) is 12.3 Å². The molecule has 0 unspecified atom stereocenters. The lowest BCUT2D eigenvalue weighted by Crippen LogP contribution is -1.38. The molecule has 0 aliphatic carbocycles. The minimum absolute atomic E-state index is 0. The number of hydrogen-bond acceptors (Lipinski definition) is 3. The van der Waals surface area contributed by atoms with Crippen LogP contribution in [-0.4, -0.2) is 9.79 Å². The summed E-state index contributed by atoms with van der Waals surface area (Å²) < 4.78 is 8.70. The van der Waals surface area contributed by atoms with Crippen molar-refractivity contribution in [2.24, 2.45) is 0 Å². The predicted molar refractivity (Wildman–Crippen MR) is 78.4 cm³/mol. The molecule has 100 valence electrons. The minimum Gasteiger partial charge on any atom is -0.344 e. The lowest BCUT2D eigenvalue weighted by molar-refractivity contribution is 0.405. The zero-order valence-electron chi connectivity index (χ0n) is 10.2. The van der Waals surface area contributed by atoms with Crippen LogP contribution >= 0.6 is 8.25 Å². The van der Waals surface area contributed by atoms with Crippen LogP contribution < -0.4 is 12.3 Å². The Morgan fingerprint density at radius 2 is 0.562 bits per heavy atom. The average Bonchev–Trinajstić information content (AvgIpc) is 2.30. The van der Waals surface area contributed by atoms with Gasteiger partial charge in [-0.05, 0) is 0 Å². The molecule has 0 amide bonds. The number of rotatable bonds is 0. The molecule has 0 atom stereocenters. The molecule has 0 saturated heterocycles. The molecule has 0 spiro atoms. The van der Waals surface area contributed by atoms with E-state index in [1.165, 1.54) is 0 Å². The van der Waals surface area contributed by atoms with Gasteiger partial charge >= 0.3 is 8.25 Å². The zero-order chi connectivity index (χ0) is 13.6. The molecule has 0 aromatic rings. The first-order valence-electron chi connectivity index (χ1n) is 3.08. The molecule has 8 N–H and O–H groups in total. The van der Waals surface area contributed by atoms with Gasteiger partial charge in [0.15, 0.2) is 0 Å². The highest BCUT2D eigenvalue weighted by Gasteiger charge is 1.93. The largest absolute Gasteiger partial charge is 0.692 e. The van der Waals surface area contributed by atoms with Gasteiger partial charge in [-0.2, -0.15) is 0 Å². The molecule has 0 fully saturated rings. The lowest BCUT2D eigenvalue weighted by atomic mass is 11.3. The van der Waals surface area contributed by atoms with E-state index in [-0.39, 0.29) is 12.3 Å². The van der Waals surface area contributed by atoms with E-state index in [0.717, 1.165) is 0 Å². The van der Waals surface area contributed by atoms with E-state index < -0.39 is 8.25 Å². The van der Waals surface area contributed by atoms with Crippen LogP contribution in [0.15, 0.2) is 65.8 Å². The summed E-state index contributed by atoms with van der Waals surface area (Å²) in [5, 5.41) is 0. The Hall–Kier alpha value is -1.36. The first kappa shape index (κ1) is 61.8. The summed E-state index contributed by atoms with van der Waals surface area (Å²) in [5.41, 5.74) is 0.